The average molecular weight is 274 g/mol. The van der Waals surface area contributed by atoms with E-state index in [-0.39, 0.29) is 0 Å². The van der Waals surface area contributed by atoms with Crippen LogP contribution in [0.5, 0.6) is 0 Å². The fourth-order valence-corrected chi connectivity index (χ4v) is 3.94. The highest BCUT2D eigenvalue weighted by Gasteiger charge is 2.34. The number of hydrogen-bond acceptors (Lipinski definition) is 3. The number of anilines is 1. The molecule has 4 rings (SSSR count). The molecule has 0 spiro atoms. The van der Waals surface area contributed by atoms with E-state index < -0.39 is 0 Å². The molecular weight excluding hydrogens is 248 g/mol. The van der Waals surface area contributed by atoms with Gasteiger partial charge in [0.05, 0.1) is 0 Å². The highest BCUT2D eigenvalue weighted by molar-refractivity contribution is 5.29. The Morgan fingerprint density at radius 2 is 1.85 bits per heavy atom. The van der Waals surface area contributed by atoms with Crippen molar-refractivity contribution in [1.29, 1.82) is 0 Å². The molecule has 1 saturated heterocycles. The van der Waals surface area contributed by atoms with E-state index in [9.17, 15) is 0 Å². The van der Waals surface area contributed by atoms with Crippen molar-refractivity contribution in [2.75, 3.05) is 18.4 Å². The molecule has 110 valence electrons. The molecule has 20 heavy (non-hydrogen) atoms. The van der Waals surface area contributed by atoms with Gasteiger partial charge >= 0.3 is 0 Å². The van der Waals surface area contributed by atoms with E-state index in [2.05, 4.69) is 26.0 Å². The lowest BCUT2D eigenvalue weighted by Crippen LogP contribution is -2.29. The lowest BCUT2D eigenvalue weighted by molar-refractivity contribution is 0.325. The Balaban J connectivity index is 1.40. The monoisotopic (exact) mass is 274 g/mol. The fourth-order valence-electron chi connectivity index (χ4n) is 3.94. The van der Waals surface area contributed by atoms with Gasteiger partial charge in [0.1, 0.15) is 0 Å². The second kappa shape index (κ2) is 5.40. The molecule has 3 aliphatic rings. The first kappa shape index (κ1) is 12.7. The molecule has 0 aromatic carbocycles. The van der Waals surface area contributed by atoms with Gasteiger partial charge in [0.15, 0.2) is 0 Å². The second-order valence-corrected chi connectivity index (χ2v) is 6.81. The van der Waals surface area contributed by atoms with E-state index in [1.807, 2.05) is 6.20 Å². The van der Waals surface area contributed by atoms with Crippen molar-refractivity contribution in [3.05, 3.63) is 12.4 Å². The minimum Gasteiger partial charge on any atom is -0.352 e. The SMILES string of the molecule is c1cn(C2CCCCC2)c(NC2CCN(C3CC3)C2)n1. The summed E-state index contributed by atoms with van der Waals surface area (Å²) >= 11 is 0. The van der Waals surface area contributed by atoms with Crippen LogP contribution >= 0.6 is 0 Å². The predicted molar refractivity (Wildman–Crippen MR) is 81.0 cm³/mol. The number of rotatable bonds is 4. The summed E-state index contributed by atoms with van der Waals surface area (Å²) in [4.78, 5) is 7.23. The maximum absolute atomic E-state index is 4.57. The van der Waals surface area contributed by atoms with Gasteiger partial charge in [-0.25, -0.2) is 4.98 Å². The Hall–Kier alpha value is -1.03. The zero-order valence-electron chi connectivity index (χ0n) is 12.3. The normalized spacial score (nSPS) is 28.9. The van der Waals surface area contributed by atoms with Crippen LogP contribution in [0.2, 0.25) is 0 Å². The van der Waals surface area contributed by atoms with Crippen molar-refractivity contribution >= 4 is 5.95 Å². The second-order valence-electron chi connectivity index (χ2n) is 6.81. The molecule has 0 radical (unpaired) electrons. The standard InChI is InChI=1S/C16H26N4/c1-2-4-15(5-3-1)20-11-9-17-16(20)18-13-8-10-19(12-13)14-6-7-14/h9,11,13-15H,1-8,10,12H2,(H,17,18). The Morgan fingerprint density at radius 1 is 1.00 bits per heavy atom. The molecule has 4 heteroatoms. The van der Waals surface area contributed by atoms with Gasteiger partial charge in [-0.15, -0.1) is 0 Å². The molecule has 1 unspecified atom stereocenters. The summed E-state index contributed by atoms with van der Waals surface area (Å²) in [5, 5.41) is 3.71. The fraction of sp³-hybridized carbons (Fsp3) is 0.812. The molecule has 3 fully saturated rings. The summed E-state index contributed by atoms with van der Waals surface area (Å²) in [6.07, 6.45) is 15.1. The van der Waals surface area contributed by atoms with Crippen LogP contribution in [0.3, 0.4) is 0 Å². The first-order chi connectivity index (χ1) is 9.90. The van der Waals surface area contributed by atoms with Crippen LogP contribution in [-0.4, -0.2) is 39.6 Å². The summed E-state index contributed by atoms with van der Waals surface area (Å²) in [6.45, 7) is 2.48. The quantitative estimate of drug-likeness (QED) is 0.916. The Kier molecular flexibility index (Phi) is 3.42. The molecule has 2 saturated carbocycles. The van der Waals surface area contributed by atoms with E-state index >= 15 is 0 Å². The van der Waals surface area contributed by atoms with Crippen molar-refractivity contribution in [3.8, 4) is 0 Å². The third-order valence-electron chi connectivity index (χ3n) is 5.25. The van der Waals surface area contributed by atoms with Crippen molar-refractivity contribution in [3.63, 3.8) is 0 Å². The molecule has 0 amide bonds. The number of hydrogen-bond donors (Lipinski definition) is 1. The predicted octanol–water partition coefficient (Wildman–Crippen LogP) is 3.04. The Labute approximate surface area is 121 Å². The number of aromatic nitrogens is 2. The molecule has 1 N–H and O–H groups in total. The maximum Gasteiger partial charge on any atom is 0.203 e. The van der Waals surface area contributed by atoms with E-state index in [1.165, 1.54) is 64.5 Å². The summed E-state index contributed by atoms with van der Waals surface area (Å²) in [5.74, 6) is 1.11. The zero-order valence-corrected chi connectivity index (χ0v) is 12.3. The van der Waals surface area contributed by atoms with Gasteiger partial charge in [-0.1, -0.05) is 19.3 Å². The van der Waals surface area contributed by atoms with Gasteiger partial charge in [-0.3, -0.25) is 4.90 Å². The van der Waals surface area contributed by atoms with Crippen molar-refractivity contribution in [2.24, 2.45) is 0 Å². The molecule has 2 heterocycles. The van der Waals surface area contributed by atoms with Crippen molar-refractivity contribution < 1.29 is 0 Å². The lowest BCUT2D eigenvalue weighted by Gasteiger charge is -2.26. The number of nitrogens with zero attached hydrogens (tertiary/aromatic N) is 3. The number of likely N-dealkylation sites (tertiary alicyclic amines) is 1. The van der Waals surface area contributed by atoms with Gasteiger partial charge < -0.3 is 9.88 Å². The van der Waals surface area contributed by atoms with E-state index in [1.54, 1.807) is 0 Å². The molecule has 1 aromatic rings. The first-order valence-corrected chi connectivity index (χ1v) is 8.43. The van der Waals surface area contributed by atoms with Gasteiger partial charge in [0, 0.05) is 43.6 Å². The molecule has 0 bridgehead atoms. The van der Waals surface area contributed by atoms with Crippen LogP contribution in [-0.2, 0) is 0 Å². The third kappa shape index (κ3) is 2.58. The average Bonchev–Trinajstić information content (AvgIpc) is 3.06. The minimum absolute atomic E-state index is 0.598. The molecule has 4 nitrogen and oxygen atoms in total. The van der Waals surface area contributed by atoms with Gasteiger partial charge in [0.2, 0.25) is 5.95 Å². The summed E-state index contributed by atoms with van der Waals surface area (Å²) in [5.41, 5.74) is 0. The Bertz CT molecular complexity index is 445. The van der Waals surface area contributed by atoms with Crippen molar-refractivity contribution in [1.82, 2.24) is 14.5 Å². The maximum atomic E-state index is 4.57. The summed E-state index contributed by atoms with van der Waals surface area (Å²) < 4.78 is 2.40. The van der Waals surface area contributed by atoms with Crippen LogP contribution < -0.4 is 5.32 Å². The number of imidazole rings is 1. The largest absolute Gasteiger partial charge is 0.352 e. The highest BCUT2D eigenvalue weighted by atomic mass is 15.3. The van der Waals surface area contributed by atoms with E-state index in [0.717, 1.165) is 12.0 Å². The lowest BCUT2D eigenvalue weighted by atomic mass is 9.95. The molecule has 1 aromatic heterocycles. The van der Waals surface area contributed by atoms with E-state index in [0.29, 0.717) is 12.1 Å². The molecule has 1 atom stereocenters. The highest BCUT2D eigenvalue weighted by Crippen LogP contribution is 2.32. The molecular formula is C16H26N4. The van der Waals surface area contributed by atoms with E-state index in [4.69, 9.17) is 0 Å². The van der Waals surface area contributed by atoms with Gasteiger partial charge in [-0.05, 0) is 32.1 Å². The molecule has 1 aliphatic heterocycles. The van der Waals surface area contributed by atoms with Gasteiger partial charge in [-0.2, -0.15) is 0 Å². The smallest absolute Gasteiger partial charge is 0.203 e. The van der Waals surface area contributed by atoms with Crippen LogP contribution in [0.15, 0.2) is 12.4 Å². The van der Waals surface area contributed by atoms with Crippen LogP contribution in [0, 0.1) is 0 Å². The van der Waals surface area contributed by atoms with Crippen LogP contribution in [0.25, 0.3) is 0 Å². The van der Waals surface area contributed by atoms with Crippen LogP contribution in [0.4, 0.5) is 5.95 Å². The minimum atomic E-state index is 0.598. The Morgan fingerprint density at radius 3 is 2.65 bits per heavy atom. The van der Waals surface area contributed by atoms with Gasteiger partial charge in [0.25, 0.3) is 0 Å². The zero-order chi connectivity index (χ0) is 13.4. The first-order valence-electron chi connectivity index (χ1n) is 8.43. The topological polar surface area (TPSA) is 33.1 Å². The van der Waals surface area contributed by atoms with Crippen LogP contribution in [0.1, 0.15) is 57.4 Å². The molecule has 2 aliphatic carbocycles. The van der Waals surface area contributed by atoms with Crippen molar-refractivity contribution in [2.45, 2.75) is 69.5 Å². The third-order valence-corrected chi connectivity index (χ3v) is 5.25. The summed E-state index contributed by atoms with van der Waals surface area (Å²) in [7, 11) is 0. The summed E-state index contributed by atoms with van der Waals surface area (Å²) in [6, 6.07) is 2.18. The number of nitrogens with one attached hydrogen (secondary N) is 1.